The maximum atomic E-state index is 2.63. The Morgan fingerprint density at radius 2 is 0.920 bits per heavy atom. The van der Waals surface area contributed by atoms with Crippen LogP contribution in [0.2, 0.25) is 39.3 Å². The molecule has 0 unspecified atom stereocenters. The van der Waals surface area contributed by atoms with E-state index in [-0.39, 0.29) is 0 Å². The van der Waals surface area contributed by atoms with Gasteiger partial charge in [0, 0.05) is 0 Å². The Morgan fingerprint density at radius 3 is 1.28 bits per heavy atom. The maximum absolute atomic E-state index is 3.02. The normalized spacial score (nSPS) is 18.0. The minimum atomic E-state index is -3.02. The quantitative estimate of drug-likeness (QED) is 0.553. The van der Waals surface area contributed by atoms with Gasteiger partial charge >= 0.3 is 159 Å². The molecule has 2 aliphatic heterocycles. The first-order valence-corrected chi connectivity index (χ1v) is 22.0. The van der Waals surface area contributed by atoms with Gasteiger partial charge < -0.3 is 0 Å². The zero-order chi connectivity index (χ0) is 18.0. The van der Waals surface area contributed by atoms with Crippen molar-refractivity contribution in [2.45, 2.75) is 39.3 Å². The average Bonchev–Trinajstić information content (AvgIpc) is 3.06. The SMILES string of the molecule is C[Si](C)(C)[C]1=Cc2cccc[c]2[Sn]12[C]([Si](C)(C)C)=Cc1cccc[c]12. The second-order valence-corrected chi connectivity index (χ2v) is 32.9. The second kappa shape index (κ2) is 5.57. The molecule has 0 aliphatic carbocycles. The number of rotatable bonds is 2. The van der Waals surface area contributed by atoms with E-state index in [0.29, 0.717) is 0 Å². The van der Waals surface area contributed by atoms with Gasteiger partial charge in [0.25, 0.3) is 0 Å². The average molecular weight is 467 g/mol. The van der Waals surface area contributed by atoms with Crippen LogP contribution in [0.5, 0.6) is 0 Å². The zero-order valence-electron chi connectivity index (χ0n) is 16.3. The minimum absolute atomic E-state index is 1.41. The predicted molar refractivity (Wildman–Crippen MR) is 121 cm³/mol. The van der Waals surface area contributed by atoms with Gasteiger partial charge in [0.15, 0.2) is 0 Å². The number of benzene rings is 2. The van der Waals surface area contributed by atoms with Crippen LogP contribution in [0.25, 0.3) is 12.2 Å². The Balaban J connectivity index is 2.15. The standard InChI is InChI=1S/2C11H14Si.Sn/c2*1-12(2,3)10-9-11-7-5-4-6-8-11;/h2*4-7,9H,1-3H3;. The summed E-state index contributed by atoms with van der Waals surface area (Å²) in [5.41, 5.74) is 3.05. The Hall–Kier alpha value is -0.848. The monoisotopic (exact) mass is 468 g/mol. The van der Waals surface area contributed by atoms with Crippen molar-refractivity contribution in [3.8, 4) is 0 Å². The molecule has 0 aromatic heterocycles. The molecule has 0 nitrogen and oxygen atoms in total. The van der Waals surface area contributed by atoms with E-state index in [0.717, 1.165) is 0 Å². The summed E-state index contributed by atoms with van der Waals surface area (Å²) in [6.07, 6.45) is 5.27. The number of fused-ring (bicyclic) bond motifs is 4. The molecule has 0 radical (unpaired) electrons. The van der Waals surface area contributed by atoms with Crippen molar-refractivity contribution in [1.29, 1.82) is 0 Å². The Bertz CT molecular complexity index is 846. The molecular formula is C22H28Si2Sn. The van der Waals surface area contributed by atoms with Crippen LogP contribution in [0.1, 0.15) is 11.1 Å². The van der Waals surface area contributed by atoms with Gasteiger partial charge in [-0.05, 0) is 0 Å². The van der Waals surface area contributed by atoms with E-state index >= 15 is 0 Å². The third kappa shape index (κ3) is 2.44. The van der Waals surface area contributed by atoms with Crippen molar-refractivity contribution in [2.24, 2.45) is 0 Å². The first-order chi connectivity index (χ1) is 11.7. The molecule has 2 aromatic rings. The van der Waals surface area contributed by atoms with Crippen LogP contribution < -0.4 is 7.16 Å². The second-order valence-electron chi connectivity index (χ2n) is 9.54. The van der Waals surface area contributed by atoms with E-state index < -0.39 is 34.5 Å². The number of hydrogen-bond donors (Lipinski definition) is 0. The summed E-state index contributed by atoms with van der Waals surface area (Å²) in [6, 6.07) is 18.7. The molecule has 2 aromatic carbocycles. The molecule has 2 aliphatic rings. The van der Waals surface area contributed by atoms with Crippen molar-refractivity contribution < 1.29 is 0 Å². The van der Waals surface area contributed by atoms with Gasteiger partial charge in [0.05, 0.1) is 0 Å². The van der Waals surface area contributed by atoms with Gasteiger partial charge in [0.2, 0.25) is 0 Å². The predicted octanol–water partition coefficient (Wildman–Crippen LogP) is 4.88. The first-order valence-electron chi connectivity index (χ1n) is 9.31. The van der Waals surface area contributed by atoms with Crippen LogP contribution in [0.4, 0.5) is 0 Å². The topological polar surface area (TPSA) is 0 Å². The summed E-state index contributed by atoms with van der Waals surface area (Å²) in [4.78, 5) is 0. The third-order valence-corrected chi connectivity index (χ3v) is 39.8. The molecule has 0 atom stereocenters. The fourth-order valence-corrected chi connectivity index (χ4v) is 46.3. The summed E-state index contributed by atoms with van der Waals surface area (Å²) < 4.78 is 7.27. The van der Waals surface area contributed by atoms with Crippen molar-refractivity contribution >= 4 is 53.8 Å². The first kappa shape index (κ1) is 17.6. The van der Waals surface area contributed by atoms with Crippen LogP contribution in [-0.4, -0.2) is 34.5 Å². The molecule has 0 saturated heterocycles. The molecular weight excluding hydrogens is 439 g/mol. The van der Waals surface area contributed by atoms with Crippen molar-refractivity contribution in [3.63, 3.8) is 0 Å². The van der Waals surface area contributed by atoms with E-state index in [2.05, 4.69) is 100.0 Å². The fraction of sp³-hybridized carbons (Fsp3) is 0.273. The number of hydrogen-bond acceptors (Lipinski definition) is 0. The third-order valence-electron chi connectivity index (χ3n) is 5.75. The summed E-state index contributed by atoms with van der Waals surface area (Å²) in [7, 11) is -2.83. The Labute approximate surface area is 158 Å². The molecule has 2 heterocycles. The van der Waals surface area contributed by atoms with Gasteiger partial charge in [0.1, 0.15) is 0 Å². The Morgan fingerprint density at radius 1 is 0.560 bits per heavy atom. The molecule has 0 fully saturated rings. The van der Waals surface area contributed by atoms with E-state index in [9.17, 15) is 0 Å². The van der Waals surface area contributed by atoms with E-state index in [1.807, 2.05) is 6.42 Å². The Kier molecular flexibility index (Phi) is 3.91. The molecule has 3 heteroatoms. The summed E-state index contributed by atoms with van der Waals surface area (Å²) in [5, 5.41) is 0. The molecule has 25 heavy (non-hydrogen) atoms. The van der Waals surface area contributed by atoms with Gasteiger partial charge in [-0.1, -0.05) is 0 Å². The van der Waals surface area contributed by atoms with E-state index in [1.165, 1.54) is 11.1 Å². The summed E-state index contributed by atoms with van der Waals surface area (Å²) in [5.74, 6) is 0. The summed E-state index contributed by atoms with van der Waals surface area (Å²) in [6.45, 7) is 15.4. The molecule has 0 bridgehead atoms. The molecule has 0 N–H and O–H groups in total. The van der Waals surface area contributed by atoms with Gasteiger partial charge in [-0.3, -0.25) is 0 Å². The molecule has 128 valence electrons. The fourth-order valence-electron chi connectivity index (χ4n) is 4.88. The van der Waals surface area contributed by atoms with Gasteiger partial charge in [-0.2, -0.15) is 0 Å². The molecule has 4 rings (SSSR count). The molecule has 1 spiro atoms. The zero-order valence-corrected chi connectivity index (χ0v) is 21.1. The van der Waals surface area contributed by atoms with Gasteiger partial charge in [-0.15, -0.1) is 0 Å². The van der Waals surface area contributed by atoms with Crippen molar-refractivity contribution in [1.82, 2.24) is 0 Å². The molecule has 0 saturated carbocycles. The van der Waals surface area contributed by atoms with Crippen molar-refractivity contribution in [2.75, 3.05) is 0 Å². The van der Waals surface area contributed by atoms with Crippen LogP contribution in [0.15, 0.2) is 55.0 Å². The van der Waals surface area contributed by atoms with E-state index in [4.69, 9.17) is 0 Å². The van der Waals surface area contributed by atoms with Crippen LogP contribution in [0, 0.1) is 0 Å². The van der Waals surface area contributed by atoms with Crippen LogP contribution >= 0.6 is 0 Å². The van der Waals surface area contributed by atoms with Crippen LogP contribution in [0.3, 0.4) is 0 Å². The molecule has 0 amide bonds. The van der Waals surface area contributed by atoms with E-state index in [1.54, 1.807) is 7.16 Å². The summed E-state index contributed by atoms with van der Waals surface area (Å²) >= 11 is -3.02. The van der Waals surface area contributed by atoms with Crippen molar-refractivity contribution in [3.05, 3.63) is 66.1 Å². The van der Waals surface area contributed by atoms with Crippen LogP contribution in [-0.2, 0) is 0 Å². The van der Waals surface area contributed by atoms with Gasteiger partial charge in [-0.25, -0.2) is 0 Å².